The van der Waals surface area contributed by atoms with E-state index >= 15 is 0 Å². The van der Waals surface area contributed by atoms with Crippen molar-refractivity contribution in [3.8, 4) is 0 Å². The second kappa shape index (κ2) is 6.42. The SMILES string of the molecule is CCNC(=NCCc1cccs1)N1CCC(C)(C)C1. The lowest BCUT2D eigenvalue weighted by Gasteiger charge is -2.23. The van der Waals surface area contributed by atoms with Crippen LogP contribution in [-0.2, 0) is 6.42 Å². The predicted molar refractivity (Wildman–Crippen MR) is 84.0 cm³/mol. The molecule has 0 radical (unpaired) electrons. The quantitative estimate of drug-likeness (QED) is 0.678. The second-order valence-electron chi connectivity index (χ2n) is 5.90. The van der Waals surface area contributed by atoms with Crippen LogP contribution in [0.5, 0.6) is 0 Å². The van der Waals surface area contributed by atoms with Crippen molar-refractivity contribution < 1.29 is 0 Å². The van der Waals surface area contributed by atoms with Crippen LogP contribution in [0.1, 0.15) is 32.1 Å². The van der Waals surface area contributed by atoms with Crippen molar-refractivity contribution in [3.63, 3.8) is 0 Å². The lowest BCUT2D eigenvalue weighted by Crippen LogP contribution is -2.40. The van der Waals surface area contributed by atoms with Crippen LogP contribution in [0.4, 0.5) is 0 Å². The highest BCUT2D eigenvalue weighted by molar-refractivity contribution is 7.09. The van der Waals surface area contributed by atoms with Crippen LogP contribution in [0.25, 0.3) is 0 Å². The van der Waals surface area contributed by atoms with E-state index in [0.717, 1.165) is 38.6 Å². The van der Waals surface area contributed by atoms with Crippen molar-refractivity contribution in [2.45, 2.75) is 33.6 Å². The van der Waals surface area contributed by atoms with E-state index in [1.54, 1.807) is 0 Å². The Balaban J connectivity index is 1.91. The molecule has 0 atom stereocenters. The summed E-state index contributed by atoms with van der Waals surface area (Å²) in [5.74, 6) is 1.09. The van der Waals surface area contributed by atoms with Gasteiger partial charge < -0.3 is 10.2 Å². The average molecular weight is 279 g/mol. The summed E-state index contributed by atoms with van der Waals surface area (Å²) >= 11 is 1.82. The lowest BCUT2D eigenvalue weighted by atomic mass is 9.93. The standard InChI is InChI=1S/C15H25N3S/c1-4-16-14(18-10-8-15(2,3)12-18)17-9-7-13-6-5-11-19-13/h5-6,11H,4,7-10,12H2,1-3H3,(H,16,17). The van der Waals surface area contributed by atoms with Crippen molar-refractivity contribution in [2.24, 2.45) is 10.4 Å². The monoisotopic (exact) mass is 279 g/mol. The highest BCUT2D eigenvalue weighted by Crippen LogP contribution is 2.28. The molecule has 1 aromatic rings. The maximum absolute atomic E-state index is 4.77. The number of rotatable bonds is 4. The summed E-state index contributed by atoms with van der Waals surface area (Å²) in [5, 5.41) is 5.55. The molecule has 0 aromatic carbocycles. The number of hydrogen-bond donors (Lipinski definition) is 1. The number of guanidine groups is 1. The maximum Gasteiger partial charge on any atom is 0.193 e. The summed E-state index contributed by atoms with van der Waals surface area (Å²) in [6, 6.07) is 4.30. The Labute approximate surface area is 120 Å². The number of thiophene rings is 1. The van der Waals surface area contributed by atoms with Gasteiger partial charge in [-0.3, -0.25) is 4.99 Å². The Bertz CT molecular complexity index is 409. The number of aliphatic imine (C=N–C) groups is 1. The van der Waals surface area contributed by atoms with E-state index in [2.05, 4.69) is 48.5 Å². The molecule has 0 bridgehead atoms. The zero-order chi connectivity index (χ0) is 13.7. The van der Waals surface area contributed by atoms with E-state index in [-0.39, 0.29) is 0 Å². The van der Waals surface area contributed by atoms with Crippen LogP contribution >= 0.6 is 11.3 Å². The largest absolute Gasteiger partial charge is 0.357 e. The summed E-state index contributed by atoms with van der Waals surface area (Å²) in [4.78, 5) is 8.59. The van der Waals surface area contributed by atoms with Crippen LogP contribution in [0.3, 0.4) is 0 Å². The molecule has 1 aliphatic heterocycles. The number of nitrogens with one attached hydrogen (secondary N) is 1. The van der Waals surface area contributed by atoms with Gasteiger partial charge in [-0.2, -0.15) is 0 Å². The molecule has 3 nitrogen and oxygen atoms in total. The average Bonchev–Trinajstić information content (AvgIpc) is 2.97. The molecule has 1 fully saturated rings. The second-order valence-corrected chi connectivity index (χ2v) is 6.93. The zero-order valence-electron chi connectivity index (χ0n) is 12.3. The van der Waals surface area contributed by atoms with Gasteiger partial charge in [0.2, 0.25) is 0 Å². The lowest BCUT2D eigenvalue weighted by molar-refractivity contribution is 0.370. The van der Waals surface area contributed by atoms with E-state index in [1.165, 1.54) is 11.3 Å². The topological polar surface area (TPSA) is 27.6 Å². The Morgan fingerprint density at radius 2 is 2.37 bits per heavy atom. The van der Waals surface area contributed by atoms with E-state index in [4.69, 9.17) is 4.99 Å². The van der Waals surface area contributed by atoms with Gasteiger partial charge in [0.15, 0.2) is 5.96 Å². The number of likely N-dealkylation sites (tertiary alicyclic amines) is 1. The third-order valence-electron chi connectivity index (χ3n) is 3.51. The summed E-state index contributed by atoms with van der Waals surface area (Å²) in [6.45, 7) is 10.9. The fourth-order valence-electron chi connectivity index (χ4n) is 2.45. The molecular weight excluding hydrogens is 254 g/mol. The van der Waals surface area contributed by atoms with Gasteiger partial charge in [0.25, 0.3) is 0 Å². The molecule has 19 heavy (non-hydrogen) atoms. The van der Waals surface area contributed by atoms with Gasteiger partial charge >= 0.3 is 0 Å². The Hall–Kier alpha value is -1.03. The molecule has 0 saturated carbocycles. The molecule has 1 saturated heterocycles. The van der Waals surface area contributed by atoms with Gasteiger partial charge in [-0.1, -0.05) is 19.9 Å². The van der Waals surface area contributed by atoms with Gasteiger partial charge in [0, 0.05) is 37.5 Å². The van der Waals surface area contributed by atoms with E-state index in [1.807, 2.05) is 11.3 Å². The fraction of sp³-hybridized carbons (Fsp3) is 0.667. The molecule has 2 rings (SSSR count). The van der Waals surface area contributed by atoms with E-state index < -0.39 is 0 Å². The molecule has 106 valence electrons. The van der Waals surface area contributed by atoms with Crippen LogP contribution in [-0.4, -0.2) is 37.0 Å². The minimum absolute atomic E-state index is 0.421. The zero-order valence-corrected chi connectivity index (χ0v) is 13.1. The van der Waals surface area contributed by atoms with Crippen molar-refractivity contribution in [1.29, 1.82) is 0 Å². The molecule has 1 aliphatic rings. The van der Waals surface area contributed by atoms with E-state index in [0.29, 0.717) is 5.41 Å². The molecule has 4 heteroatoms. The van der Waals surface area contributed by atoms with Gasteiger partial charge in [-0.25, -0.2) is 0 Å². The normalized spacial score (nSPS) is 18.9. The molecule has 1 N–H and O–H groups in total. The Morgan fingerprint density at radius 1 is 1.53 bits per heavy atom. The van der Waals surface area contributed by atoms with E-state index in [9.17, 15) is 0 Å². The van der Waals surface area contributed by atoms with Crippen molar-refractivity contribution >= 4 is 17.3 Å². The van der Waals surface area contributed by atoms with Crippen LogP contribution in [0, 0.1) is 5.41 Å². The third kappa shape index (κ3) is 4.23. The summed E-state index contributed by atoms with van der Waals surface area (Å²) < 4.78 is 0. The predicted octanol–water partition coefficient (Wildman–Crippen LogP) is 2.99. The Kier molecular flexibility index (Phi) is 4.86. The smallest absolute Gasteiger partial charge is 0.193 e. The Morgan fingerprint density at radius 3 is 2.95 bits per heavy atom. The van der Waals surface area contributed by atoms with Crippen molar-refractivity contribution in [1.82, 2.24) is 10.2 Å². The molecule has 2 heterocycles. The minimum atomic E-state index is 0.421. The first-order chi connectivity index (χ1) is 9.11. The minimum Gasteiger partial charge on any atom is -0.357 e. The van der Waals surface area contributed by atoms with Crippen molar-refractivity contribution in [3.05, 3.63) is 22.4 Å². The molecule has 1 aromatic heterocycles. The summed E-state index contributed by atoms with van der Waals surface area (Å²) in [6.07, 6.45) is 2.30. The first-order valence-corrected chi connectivity index (χ1v) is 8.04. The highest BCUT2D eigenvalue weighted by atomic mass is 32.1. The third-order valence-corrected chi connectivity index (χ3v) is 4.45. The van der Waals surface area contributed by atoms with Gasteiger partial charge in [0.1, 0.15) is 0 Å². The first kappa shape index (κ1) is 14.4. The van der Waals surface area contributed by atoms with Crippen LogP contribution in [0.2, 0.25) is 0 Å². The summed E-state index contributed by atoms with van der Waals surface area (Å²) in [7, 11) is 0. The number of hydrogen-bond acceptors (Lipinski definition) is 2. The van der Waals surface area contributed by atoms with Gasteiger partial charge in [-0.05, 0) is 30.2 Å². The molecule has 0 unspecified atom stereocenters. The summed E-state index contributed by atoms with van der Waals surface area (Å²) in [5.41, 5.74) is 0.421. The maximum atomic E-state index is 4.77. The highest BCUT2D eigenvalue weighted by Gasteiger charge is 2.30. The fourth-order valence-corrected chi connectivity index (χ4v) is 3.14. The van der Waals surface area contributed by atoms with Crippen LogP contribution < -0.4 is 5.32 Å². The molecular formula is C15H25N3S. The first-order valence-electron chi connectivity index (χ1n) is 7.16. The van der Waals surface area contributed by atoms with Crippen molar-refractivity contribution in [2.75, 3.05) is 26.2 Å². The molecule has 0 amide bonds. The van der Waals surface area contributed by atoms with Gasteiger partial charge in [-0.15, -0.1) is 11.3 Å². The number of nitrogens with zero attached hydrogens (tertiary/aromatic N) is 2. The van der Waals surface area contributed by atoms with Crippen LogP contribution in [0.15, 0.2) is 22.5 Å². The van der Waals surface area contributed by atoms with Gasteiger partial charge in [0.05, 0.1) is 0 Å². The molecule has 0 spiro atoms. The molecule has 0 aliphatic carbocycles.